The molecule has 0 aromatic carbocycles. The average Bonchev–Trinajstić information content (AvgIpc) is 2.41. The Morgan fingerprint density at radius 3 is 2.61 bits per heavy atom. The summed E-state index contributed by atoms with van der Waals surface area (Å²) >= 11 is 3.30. The van der Waals surface area contributed by atoms with Crippen LogP contribution in [0.15, 0.2) is 41.4 Å². The Balaban J connectivity index is 2.25. The van der Waals surface area contributed by atoms with Crippen molar-refractivity contribution in [1.29, 1.82) is 0 Å². The summed E-state index contributed by atoms with van der Waals surface area (Å²) in [6.07, 6.45) is 6.20. The van der Waals surface area contributed by atoms with Crippen LogP contribution in [-0.2, 0) is 0 Å². The molecule has 0 aliphatic rings. The molecule has 92 valence electrons. The zero-order valence-corrected chi connectivity index (χ0v) is 10.8. The first kappa shape index (κ1) is 12.5. The van der Waals surface area contributed by atoms with E-state index in [2.05, 4.69) is 36.6 Å². The van der Waals surface area contributed by atoms with Gasteiger partial charge >= 0.3 is 0 Å². The van der Waals surface area contributed by atoms with E-state index in [-0.39, 0.29) is 5.91 Å². The fourth-order valence-corrected chi connectivity index (χ4v) is 1.72. The Morgan fingerprint density at radius 2 is 1.89 bits per heavy atom. The summed E-state index contributed by atoms with van der Waals surface area (Å²) < 4.78 is 0.703. The van der Waals surface area contributed by atoms with Crippen LogP contribution in [0, 0.1) is 0 Å². The lowest BCUT2D eigenvalue weighted by Crippen LogP contribution is -2.17. The normalized spacial score (nSPS) is 9.89. The minimum absolute atomic E-state index is 0.280. The third-order valence-corrected chi connectivity index (χ3v) is 2.87. The van der Waals surface area contributed by atoms with E-state index in [4.69, 9.17) is 5.84 Å². The maximum Gasteiger partial charge on any atom is 0.257 e. The molecule has 2 rings (SSSR count). The fraction of sp³-hybridized carbons (Fsp3) is 0. The van der Waals surface area contributed by atoms with E-state index in [1.165, 1.54) is 12.4 Å². The number of nitrogens with two attached hydrogens (primary N) is 1. The Labute approximate surface area is 112 Å². The van der Waals surface area contributed by atoms with Gasteiger partial charge in [-0.05, 0) is 28.1 Å². The van der Waals surface area contributed by atoms with Gasteiger partial charge in [-0.2, -0.15) is 0 Å². The Kier molecular flexibility index (Phi) is 3.85. The molecule has 0 aliphatic carbocycles. The number of hydrogen-bond acceptors (Lipinski definition) is 5. The summed E-state index contributed by atoms with van der Waals surface area (Å²) in [5.74, 6) is 5.04. The van der Waals surface area contributed by atoms with Gasteiger partial charge in [0.2, 0.25) is 0 Å². The van der Waals surface area contributed by atoms with Crippen LogP contribution in [0.5, 0.6) is 0 Å². The first-order valence-electron chi connectivity index (χ1n) is 5.04. The molecule has 2 aromatic rings. The standard InChI is InChI=1S/C11H10BrN5O/c12-8-5-14-4-2-9(8)16-11(18)7-1-3-15-6-10(7)17-13/h1-6,17H,13H2,(H,14,16,18). The number of hydrogen-bond donors (Lipinski definition) is 3. The monoisotopic (exact) mass is 307 g/mol. The van der Waals surface area contributed by atoms with Gasteiger partial charge in [0.1, 0.15) is 0 Å². The van der Waals surface area contributed by atoms with Crippen LogP contribution in [0.4, 0.5) is 11.4 Å². The van der Waals surface area contributed by atoms with E-state index >= 15 is 0 Å². The summed E-state index contributed by atoms with van der Waals surface area (Å²) in [7, 11) is 0. The number of rotatable bonds is 3. The van der Waals surface area contributed by atoms with Crippen LogP contribution in [0.1, 0.15) is 10.4 Å². The van der Waals surface area contributed by atoms with Crippen LogP contribution in [-0.4, -0.2) is 15.9 Å². The van der Waals surface area contributed by atoms with E-state index in [1.807, 2.05) is 0 Å². The summed E-state index contributed by atoms with van der Waals surface area (Å²) in [6, 6.07) is 3.28. The summed E-state index contributed by atoms with van der Waals surface area (Å²) in [4.78, 5) is 19.9. The second-order valence-corrected chi connectivity index (χ2v) is 4.23. The van der Waals surface area contributed by atoms with Gasteiger partial charge in [-0.15, -0.1) is 0 Å². The molecule has 6 nitrogen and oxygen atoms in total. The molecule has 0 bridgehead atoms. The van der Waals surface area contributed by atoms with Gasteiger partial charge in [0, 0.05) is 18.6 Å². The van der Waals surface area contributed by atoms with Crippen molar-refractivity contribution < 1.29 is 4.79 Å². The highest BCUT2D eigenvalue weighted by atomic mass is 79.9. The molecule has 0 atom stereocenters. The van der Waals surface area contributed by atoms with Gasteiger partial charge in [0.25, 0.3) is 5.91 Å². The molecule has 0 unspecified atom stereocenters. The lowest BCUT2D eigenvalue weighted by molar-refractivity contribution is 0.102. The molecule has 0 saturated carbocycles. The molecule has 2 aromatic heterocycles. The zero-order chi connectivity index (χ0) is 13.0. The zero-order valence-electron chi connectivity index (χ0n) is 9.22. The van der Waals surface area contributed by atoms with E-state index in [0.717, 1.165) is 0 Å². The largest absolute Gasteiger partial charge is 0.322 e. The van der Waals surface area contributed by atoms with Crippen molar-refractivity contribution in [2.45, 2.75) is 0 Å². The molecule has 1 amide bonds. The second-order valence-electron chi connectivity index (χ2n) is 3.38. The third kappa shape index (κ3) is 2.63. The molecule has 0 spiro atoms. The van der Waals surface area contributed by atoms with E-state index in [1.54, 1.807) is 24.5 Å². The van der Waals surface area contributed by atoms with Crippen molar-refractivity contribution in [3.63, 3.8) is 0 Å². The first-order valence-corrected chi connectivity index (χ1v) is 5.83. The smallest absolute Gasteiger partial charge is 0.257 e. The molecule has 4 N–H and O–H groups in total. The molecule has 0 aliphatic heterocycles. The number of aromatic nitrogens is 2. The Bertz CT molecular complexity index is 575. The number of pyridine rings is 2. The Hall–Kier alpha value is -1.99. The predicted molar refractivity (Wildman–Crippen MR) is 71.9 cm³/mol. The summed E-state index contributed by atoms with van der Waals surface area (Å²) in [6.45, 7) is 0. The highest BCUT2D eigenvalue weighted by Gasteiger charge is 2.12. The third-order valence-electron chi connectivity index (χ3n) is 2.24. The quantitative estimate of drug-likeness (QED) is 0.593. The molecule has 0 fully saturated rings. The number of nitrogens with one attached hydrogen (secondary N) is 2. The number of halogens is 1. The van der Waals surface area contributed by atoms with Crippen molar-refractivity contribution in [3.05, 3.63) is 47.0 Å². The minimum atomic E-state index is -0.280. The van der Waals surface area contributed by atoms with Gasteiger partial charge in [-0.25, -0.2) is 0 Å². The molecule has 7 heteroatoms. The number of hydrazine groups is 1. The van der Waals surface area contributed by atoms with Gasteiger partial charge in [-0.1, -0.05) is 0 Å². The van der Waals surface area contributed by atoms with Crippen LogP contribution >= 0.6 is 15.9 Å². The topological polar surface area (TPSA) is 92.9 Å². The van der Waals surface area contributed by atoms with Crippen molar-refractivity contribution in [3.8, 4) is 0 Å². The average molecular weight is 308 g/mol. The highest BCUT2D eigenvalue weighted by molar-refractivity contribution is 9.10. The van der Waals surface area contributed by atoms with Gasteiger partial charge in [-0.3, -0.25) is 20.6 Å². The maximum atomic E-state index is 12.1. The summed E-state index contributed by atoms with van der Waals surface area (Å²) in [5, 5.41) is 2.75. The van der Waals surface area contributed by atoms with Crippen LogP contribution in [0.25, 0.3) is 0 Å². The van der Waals surface area contributed by atoms with E-state index in [0.29, 0.717) is 21.4 Å². The minimum Gasteiger partial charge on any atom is -0.322 e. The van der Waals surface area contributed by atoms with Crippen molar-refractivity contribution in [1.82, 2.24) is 9.97 Å². The van der Waals surface area contributed by atoms with E-state index < -0.39 is 0 Å². The number of carbonyl (C=O) groups is 1. The van der Waals surface area contributed by atoms with Crippen molar-refractivity contribution in [2.24, 2.45) is 5.84 Å². The fourth-order valence-electron chi connectivity index (χ4n) is 1.37. The molecular formula is C11H10BrN5O. The highest BCUT2D eigenvalue weighted by Crippen LogP contribution is 2.21. The van der Waals surface area contributed by atoms with Crippen LogP contribution in [0.3, 0.4) is 0 Å². The van der Waals surface area contributed by atoms with Gasteiger partial charge < -0.3 is 10.7 Å². The number of anilines is 2. The van der Waals surface area contributed by atoms with Gasteiger partial charge in [0.05, 0.1) is 27.6 Å². The predicted octanol–water partition coefficient (Wildman–Crippen LogP) is 1.78. The van der Waals surface area contributed by atoms with Gasteiger partial charge in [0.15, 0.2) is 0 Å². The molecular weight excluding hydrogens is 298 g/mol. The lowest BCUT2D eigenvalue weighted by Gasteiger charge is -2.09. The second kappa shape index (κ2) is 5.56. The van der Waals surface area contributed by atoms with Crippen molar-refractivity contribution >= 4 is 33.2 Å². The number of carbonyl (C=O) groups excluding carboxylic acids is 1. The maximum absolute atomic E-state index is 12.1. The molecule has 2 heterocycles. The van der Waals surface area contributed by atoms with E-state index in [9.17, 15) is 4.79 Å². The molecule has 18 heavy (non-hydrogen) atoms. The number of nitrogens with zero attached hydrogens (tertiary/aromatic N) is 2. The molecule has 0 radical (unpaired) electrons. The lowest BCUT2D eigenvalue weighted by atomic mass is 10.2. The van der Waals surface area contributed by atoms with Crippen LogP contribution in [0.2, 0.25) is 0 Å². The number of nitrogen functional groups attached to an aromatic ring is 1. The molecule has 0 saturated heterocycles. The van der Waals surface area contributed by atoms with Crippen molar-refractivity contribution in [2.75, 3.05) is 10.7 Å². The SMILES string of the molecule is NNc1cnccc1C(=O)Nc1ccncc1Br. The van der Waals surface area contributed by atoms with Crippen LogP contribution < -0.4 is 16.6 Å². The summed E-state index contributed by atoms with van der Waals surface area (Å²) in [5.41, 5.74) is 3.94. The first-order chi connectivity index (χ1) is 8.72. The Morgan fingerprint density at radius 1 is 1.17 bits per heavy atom. The number of amides is 1.